The smallest absolute Gasteiger partial charge is 0.339 e. The number of rotatable bonds is 9. The molecule has 0 radical (unpaired) electrons. The minimum Gasteiger partial charge on any atom is -0.504 e. The lowest BCUT2D eigenvalue weighted by molar-refractivity contribution is -0.204. The zero-order valence-corrected chi connectivity index (χ0v) is 23.5. The molecule has 0 unspecified atom stereocenters. The van der Waals surface area contributed by atoms with Gasteiger partial charge in [-0.25, -0.2) is 14.4 Å². The number of aliphatic carboxylic acids is 1. The van der Waals surface area contributed by atoms with Crippen LogP contribution in [0.2, 0.25) is 0 Å². The van der Waals surface area contributed by atoms with Crippen molar-refractivity contribution in [3.63, 3.8) is 0 Å². The summed E-state index contributed by atoms with van der Waals surface area (Å²) in [5.74, 6) is -5.56. The van der Waals surface area contributed by atoms with E-state index in [0.29, 0.717) is 11.1 Å². The molecule has 1 aliphatic carbocycles. The van der Waals surface area contributed by atoms with Gasteiger partial charge in [-0.15, -0.1) is 0 Å². The molecule has 4 atom stereocenters. The number of aliphatic hydroxyl groups is 3. The number of carboxylic acid groups (broad SMARTS) is 1. The normalized spacial score (nSPS) is 21.8. The lowest BCUT2D eigenvalue weighted by atomic mass is 9.79. The second-order valence-electron chi connectivity index (χ2n) is 10.4. The van der Waals surface area contributed by atoms with Crippen molar-refractivity contribution in [1.82, 2.24) is 0 Å². The van der Waals surface area contributed by atoms with Gasteiger partial charge in [-0.3, -0.25) is 0 Å². The number of carbonyl (C=O) groups excluding carboxylic acids is 2. The summed E-state index contributed by atoms with van der Waals surface area (Å²) in [4.78, 5) is 38.3. The molecule has 1 aliphatic rings. The molecule has 0 aromatic heterocycles. The molecule has 45 heavy (non-hydrogen) atoms. The Morgan fingerprint density at radius 1 is 0.844 bits per heavy atom. The van der Waals surface area contributed by atoms with Crippen molar-refractivity contribution in [2.45, 2.75) is 43.4 Å². The Kier molecular flexibility index (Phi) is 9.77. The highest BCUT2D eigenvalue weighted by Crippen LogP contribution is 2.35. The molecule has 0 saturated heterocycles. The summed E-state index contributed by atoms with van der Waals surface area (Å²) < 4.78 is 11.0. The Morgan fingerprint density at radius 3 is 2.11 bits per heavy atom. The second-order valence-corrected chi connectivity index (χ2v) is 10.4. The summed E-state index contributed by atoms with van der Waals surface area (Å²) >= 11 is 0. The maximum absolute atomic E-state index is 13.7. The third-order valence-electron chi connectivity index (χ3n) is 7.10. The Balaban J connectivity index is 1.67. The van der Waals surface area contributed by atoms with Crippen LogP contribution in [0.4, 0.5) is 0 Å². The fourth-order valence-corrected chi connectivity index (χ4v) is 4.76. The fraction of sp³-hybridized carbons (Fsp3) is 0.219. The van der Waals surface area contributed by atoms with Crippen LogP contribution in [-0.2, 0) is 30.5 Å². The number of hydrogen-bond donors (Lipinski definition) is 8. The first-order valence-corrected chi connectivity index (χ1v) is 13.5. The van der Waals surface area contributed by atoms with Gasteiger partial charge in [0.25, 0.3) is 0 Å². The highest BCUT2D eigenvalue weighted by molar-refractivity contribution is 6.21. The van der Waals surface area contributed by atoms with E-state index < -0.39 is 71.9 Å². The number of hydrogen-bond acceptors (Lipinski definition) is 12. The van der Waals surface area contributed by atoms with Gasteiger partial charge in [0.2, 0.25) is 0 Å². The van der Waals surface area contributed by atoms with E-state index in [1.54, 1.807) is 12.1 Å². The molecule has 0 heterocycles. The number of phenols is 4. The van der Waals surface area contributed by atoms with Gasteiger partial charge in [0, 0.05) is 18.9 Å². The SMILES string of the molecule is O=C(/C=C/c1ccc(O)c(O)c1)O[C@H]1[C@H](O)C[C@](O)(C(=O)O)C[C@H]1OC(=O)/C(=C/c1ccc(O)c(O)c1)c1cccc(CO)c1. The van der Waals surface area contributed by atoms with E-state index >= 15 is 0 Å². The molecular formula is C32H30O13. The summed E-state index contributed by atoms with van der Waals surface area (Å²) in [6.45, 7) is -0.369. The van der Waals surface area contributed by atoms with E-state index in [2.05, 4.69) is 0 Å². The zero-order valence-electron chi connectivity index (χ0n) is 23.5. The highest BCUT2D eigenvalue weighted by atomic mass is 16.6. The van der Waals surface area contributed by atoms with Crippen LogP contribution in [0.5, 0.6) is 23.0 Å². The van der Waals surface area contributed by atoms with E-state index in [9.17, 15) is 55.2 Å². The van der Waals surface area contributed by atoms with Crippen LogP contribution < -0.4 is 0 Å². The molecule has 3 aromatic rings. The monoisotopic (exact) mass is 622 g/mol. The van der Waals surface area contributed by atoms with E-state index in [-0.39, 0.29) is 29.1 Å². The number of ether oxygens (including phenoxy) is 2. The Labute approximate surface area is 255 Å². The Hall–Kier alpha value is -5.37. The second kappa shape index (κ2) is 13.5. The maximum atomic E-state index is 13.7. The molecule has 8 N–H and O–H groups in total. The van der Waals surface area contributed by atoms with Gasteiger partial charge >= 0.3 is 17.9 Å². The third kappa shape index (κ3) is 7.78. The van der Waals surface area contributed by atoms with Gasteiger partial charge in [0.15, 0.2) is 34.7 Å². The molecule has 13 nitrogen and oxygen atoms in total. The molecule has 1 fully saturated rings. The molecule has 1 saturated carbocycles. The Bertz CT molecular complexity index is 1660. The van der Waals surface area contributed by atoms with Gasteiger partial charge in [0.05, 0.1) is 18.3 Å². The average Bonchev–Trinajstić information content (AvgIpc) is 2.99. The third-order valence-corrected chi connectivity index (χ3v) is 7.10. The number of benzene rings is 3. The molecule has 0 amide bonds. The van der Waals surface area contributed by atoms with Crippen LogP contribution in [-0.4, -0.2) is 82.7 Å². The molecule has 13 heteroatoms. The van der Waals surface area contributed by atoms with Crippen molar-refractivity contribution in [2.24, 2.45) is 0 Å². The van der Waals surface area contributed by atoms with Crippen molar-refractivity contribution in [1.29, 1.82) is 0 Å². The highest BCUT2D eigenvalue weighted by Gasteiger charge is 2.52. The van der Waals surface area contributed by atoms with Crippen molar-refractivity contribution in [2.75, 3.05) is 0 Å². The summed E-state index contributed by atoms with van der Waals surface area (Å²) in [6.07, 6.45) is -3.15. The van der Waals surface area contributed by atoms with E-state index in [0.717, 1.165) is 12.1 Å². The van der Waals surface area contributed by atoms with Gasteiger partial charge in [-0.2, -0.15) is 0 Å². The van der Waals surface area contributed by atoms with Crippen LogP contribution in [0.25, 0.3) is 17.7 Å². The molecule has 236 valence electrons. The fourth-order valence-electron chi connectivity index (χ4n) is 4.76. The van der Waals surface area contributed by atoms with Gasteiger partial charge in [0.1, 0.15) is 6.10 Å². The van der Waals surface area contributed by atoms with Gasteiger partial charge in [-0.05, 0) is 64.7 Å². The van der Waals surface area contributed by atoms with E-state index in [1.165, 1.54) is 54.6 Å². The minimum absolute atomic E-state index is 0.161. The lowest BCUT2D eigenvalue weighted by Gasteiger charge is -2.40. The van der Waals surface area contributed by atoms with Crippen LogP contribution in [0.1, 0.15) is 35.1 Å². The minimum atomic E-state index is -2.55. The van der Waals surface area contributed by atoms with Crippen molar-refractivity contribution >= 4 is 35.6 Å². The first kappa shape index (κ1) is 32.5. The van der Waals surface area contributed by atoms with Crippen LogP contribution in [0, 0.1) is 0 Å². The first-order chi connectivity index (χ1) is 21.3. The van der Waals surface area contributed by atoms with Gasteiger partial charge in [-0.1, -0.05) is 30.3 Å². The van der Waals surface area contributed by atoms with Gasteiger partial charge < -0.3 is 50.3 Å². The van der Waals surface area contributed by atoms with Crippen LogP contribution in [0.15, 0.2) is 66.7 Å². The molecule has 0 bridgehead atoms. The van der Waals surface area contributed by atoms with Crippen molar-refractivity contribution in [3.05, 3.63) is 89.0 Å². The number of esters is 2. The molecule has 0 aliphatic heterocycles. The topological polar surface area (TPSA) is 232 Å². The quantitative estimate of drug-likeness (QED) is 0.0740. The van der Waals surface area contributed by atoms with E-state index in [1.807, 2.05) is 0 Å². The van der Waals surface area contributed by atoms with E-state index in [4.69, 9.17) is 9.47 Å². The molecule has 3 aromatic carbocycles. The first-order valence-electron chi connectivity index (χ1n) is 13.5. The maximum Gasteiger partial charge on any atom is 0.339 e. The average molecular weight is 623 g/mol. The predicted molar refractivity (Wildman–Crippen MR) is 156 cm³/mol. The summed E-state index contributed by atoms with van der Waals surface area (Å²) in [6, 6.07) is 13.6. The standard InChI is InChI=1S/C32H30O13/c33-16-19-2-1-3-20(10-19)21(11-18-5-8-23(35)25(37)13-18)30(40)44-27-15-32(43,31(41)42)14-26(38)29(27)45-28(39)9-6-17-4-7-22(34)24(36)12-17/h1-13,26-27,29,33-38,43H,14-16H2,(H,41,42)/b9-6+,21-11+/t26-,27-,29+,32-/m1/s1. The molecular weight excluding hydrogens is 592 g/mol. The summed E-state index contributed by atoms with van der Waals surface area (Å²) in [5, 5.41) is 79.5. The molecule has 4 rings (SSSR count). The zero-order chi connectivity index (χ0) is 32.9. The lowest BCUT2D eigenvalue weighted by Crippen LogP contribution is -2.58. The van der Waals surface area contributed by atoms with Crippen molar-refractivity contribution in [3.8, 4) is 23.0 Å². The number of carboxylic acids is 1. The summed E-state index contributed by atoms with van der Waals surface area (Å²) in [7, 11) is 0. The predicted octanol–water partition coefficient (Wildman–Crippen LogP) is 2.05. The van der Waals surface area contributed by atoms with Crippen LogP contribution >= 0.6 is 0 Å². The number of phenolic OH excluding ortho intramolecular Hbond substituents is 4. The van der Waals surface area contributed by atoms with Crippen molar-refractivity contribution < 1.29 is 64.7 Å². The number of aromatic hydroxyl groups is 4. The number of carbonyl (C=O) groups is 3. The molecule has 0 spiro atoms. The number of aliphatic hydroxyl groups excluding tert-OH is 2. The summed E-state index contributed by atoms with van der Waals surface area (Å²) in [5.41, 5.74) is -1.51. The largest absolute Gasteiger partial charge is 0.504 e. The van der Waals surface area contributed by atoms with Crippen LogP contribution in [0.3, 0.4) is 0 Å². The Morgan fingerprint density at radius 2 is 1.49 bits per heavy atom.